The van der Waals surface area contributed by atoms with Gasteiger partial charge < -0.3 is 10.2 Å². The molecule has 24 heavy (non-hydrogen) atoms. The summed E-state index contributed by atoms with van der Waals surface area (Å²) < 4.78 is 0. The second-order valence-corrected chi connectivity index (χ2v) is 6.16. The number of nitriles is 1. The minimum atomic E-state index is -0.0780. The van der Waals surface area contributed by atoms with E-state index in [2.05, 4.69) is 23.5 Å². The summed E-state index contributed by atoms with van der Waals surface area (Å²) in [6.07, 6.45) is 4.11. The lowest BCUT2D eigenvalue weighted by Crippen LogP contribution is -2.46. The number of anilines is 1. The smallest absolute Gasteiger partial charge is 0.321 e. The maximum absolute atomic E-state index is 12.7. The zero-order valence-corrected chi connectivity index (χ0v) is 13.6. The van der Waals surface area contributed by atoms with E-state index in [1.807, 2.05) is 29.2 Å². The average molecular weight is 319 g/mol. The van der Waals surface area contributed by atoms with Gasteiger partial charge in [-0.05, 0) is 49.4 Å². The lowest BCUT2D eigenvalue weighted by atomic mass is 9.96. The van der Waals surface area contributed by atoms with Gasteiger partial charge in [0, 0.05) is 18.3 Å². The van der Waals surface area contributed by atoms with E-state index in [-0.39, 0.29) is 12.1 Å². The van der Waals surface area contributed by atoms with Crippen LogP contribution in [0.3, 0.4) is 0 Å². The molecule has 2 aromatic carbocycles. The third-order valence-corrected chi connectivity index (χ3v) is 4.45. The predicted molar refractivity (Wildman–Crippen MR) is 94.7 cm³/mol. The molecule has 0 spiro atoms. The highest BCUT2D eigenvalue weighted by atomic mass is 16.2. The van der Waals surface area contributed by atoms with Gasteiger partial charge in [-0.2, -0.15) is 5.26 Å². The number of hydrogen-bond acceptors (Lipinski definition) is 2. The van der Waals surface area contributed by atoms with E-state index in [4.69, 9.17) is 5.26 Å². The van der Waals surface area contributed by atoms with Crippen LogP contribution in [0.2, 0.25) is 0 Å². The summed E-state index contributed by atoms with van der Waals surface area (Å²) in [4.78, 5) is 14.6. The summed E-state index contributed by atoms with van der Waals surface area (Å²) in [6, 6.07) is 19.6. The molecule has 1 atom stereocenters. The number of carbonyl (C=O) groups excluding carboxylic acids is 1. The van der Waals surface area contributed by atoms with Crippen LogP contribution in [0.5, 0.6) is 0 Å². The molecule has 1 aliphatic heterocycles. The molecule has 4 nitrogen and oxygen atoms in total. The number of likely N-dealkylation sites (tertiary alicyclic amines) is 1. The molecule has 122 valence electrons. The van der Waals surface area contributed by atoms with Crippen LogP contribution in [-0.4, -0.2) is 23.5 Å². The first kappa shape index (κ1) is 16.1. The molecule has 0 aliphatic carbocycles. The number of hydrogen-bond donors (Lipinski definition) is 1. The molecule has 2 amide bonds. The third kappa shape index (κ3) is 3.94. The van der Waals surface area contributed by atoms with E-state index >= 15 is 0 Å². The van der Waals surface area contributed by atoms with Gasteiger partial charge in [0.1, 0.15) is 0 Å². The summed E-state index contributed by atoms with van der Waals surface area (Å²) in [7, 11) is 0. The minimum Gasteiger partial charge on any atom is -0.321 e. The van der Waals surface area contributed by atoms with Crippen molar-refractivity contribution >= 4 is 11.7 Å². The Bertz CT molecular complexity index is 736. The van der Waals surface area contributed by atoms with Crippen LogP contribution >= 0.6 is 0 Å². The summed E-state index contributed by atoms with van der Waals surface area (Å²) in [5, 5.41) is 11.9. The van der Waals surface area contributed by atoms with Crippen LogP contribution in [0.25, 0.3) is 0 Å². The first-order valence-corrected chi connectivity index (χ1v) is 8.38. The molecule has 2 aromatic rings. The van der Waals surface area contributed by atoms with Crippen LogP contribution in [0.1, 0.15) is 30.4 Å². The fraction of sp³-hybridized carbons (Fsp3) is 0.300. The first-order chi connectivity index (χ1) is 11.8. The molecular formula is C20H21N3O. The maximum Gasteiger partial charge on any atom is 0.322 e. The molecule has 0 bridgehead atoms. The summed E-state index contributed by atoms with van der Waals surface area (Å²) in [5.74, 6) is 0. The van der Waals surface area contributed by atoms with Crippen molar-refractivity contribution in [3.63, 3.8) is 0 Å². The largest absolute Gasteiger partial charge is 0.322 e. The van der Waals surface area contributed by atoms with Crippen molar-refractivity contribution < 1.29 is 4.79 Å². The van der Waals surface area contributed by atoms with Gasteiger partial charge in [-0.1, -0.05) is 36.4 Å². The second kappa shape index (κ2) is 7.65. The van der Waals surface area contributed by atoms with Crippen molar-refractivity contribution in [1.29, 1.82) is 5.26 Å². The molecule has 3 rings (SSSR count). The predicted octanol–water partition coefficient (Wildman–Crippen LogP) is 4.19. The summed E-state index contributed by atoms with van der Waals surface area (Å²) in [6.45, 7) is 0.779. The molecule has 1 fully saturated rings. The molecule has 1 N–H and O–H groups in total. The number of benzene rings is 2. The molecule has 1 unspecified atom stereocenters. The SMILES string of the molecule is N#Cc1cccc(NC(=O)N2CCCCC2Cc2ccccc2)c1. The average Bonchev–Trinajstić information content (AvgIpc) is 2.63. The van der Waals surface area contributed by atoms with Crippen LogP contribution in [0.4, 0.5) is 10.5 Å². The van der Waals surface area contributed by atoms with Crippen molar-refractivity contribution in [3.05, 3.63) is 65.7 Å². The highest BCUT2D eigenvalue weighted by molar-refractivity contribution is 5.89. The van der Waals surface area contributed by atoms with E-state index in [9.17, 15) is 4.79 Å². The second-order valence-electron chi connectivity index (χ2n) is 6.16. The van der Waals surface area contributed by atoms with Gasteiger partial charge in [0.25, 0.3) is 0 Å². The van der Waals surface area contributed by atoms with Crippen molar-refractivity contribution in [2.75, 3.05) is 11.9 Å². The maximum atomic E-state index is 12.7. The van der Waals surface area contributed by atoms with E-state index in [1.54, 1.807) is 18.2 Å². The van der Waals surface area contributed by atoms with Gasteiger partial charge in [0.05, 0.1) is 11.6 Å². The third-order valence-electron chi connectivity index (χ3n) is 4.45. The Morgan fingerprint density at radius 3 is 2.79 bits per heavy atom. The lowest BCUT2D eigenvalue weighted by molar-refractivity contribution is 0.162. The van der Waals surface area contributed by atoms with Crippen LogP contribution in [-0.2, 0) is 6.42 Å². The van der Waals surface area contributed by atoms with Crippen LogP contribution in [0.15, 0.2) is 54.6 Å². The molecular weight excluding hydrogens is 298 g/mol. The van der Waals surface area contributed by atoms with Crippen molar-refractivity contribution in [3.8, 4) is 6.07 Å². The van der Waals surface area contributed by atoms with Crippen molar-refractivity contribution in [2.45, 2.75) is 31.7 Å². The van der Waals surface area contributed by atoms with Gasteiger partial charge in [-0.15, -0.1) is 0 Å². The standard InChI is InChI=1S/C20H21N3O/c21-15-17-9-6-10-18(13-17)22-20(24)23-12-5-4-11-19(23)14-16-7-2-1-3-8-16/h1-3,6-10,13,19H,4-5,11-12,14H2,(H,22,24). The quantitative estimate of drug-likeness (QED) is 0.922. The Morgan fingerprint density at radius 1 is 1.17 bits per heavy atom. The fourth-order valence-corrected chi connectivity index (χ4v) is 3.23. The first-order valence-electron chi connectivity index (χ1n) is 8.38. The number of urea groups is 1. The van der Waals surface area contributed by atoms with E-state index in [0.717, 1.165) is 32.2 Å². The Morgan fingerprint density at radius 2 is 2.00 bits per heavy atom. The Hall–Kier alpha value is -2.80. The normalized spacial score (nSPS) is 17.1. The highest BCUT2D eigenvalue weighted by Gasteiger charge is 2.26. The Labute approximate surface area is 142 Å². The molecule has 0 aromatic heterocycles. The highest BCUT2D eigenvalue weighted by Crippen LogP contribution is 2.22. The number of carbonyl (C=O) groups is 1. The van der Waals surface area contributed by atoms with Gasteiger partial charge in [-0.3, -0.25) is 0 Å². The monoisotopic (exact) mass is 319 g/mol. The Balaban J connectivity index is 1.70. The molecule has 0 saturated carbocycles. The van der Waals surface area contributed by atoms with Gasteiger partial charge in [-0.25, -0.2) is 4.79 Å². The lowest BCUT2D eigenvalue weighted by Gasteiger charge is -2.36. The number of nitrogens with zero attached hydrogens (tertiary/aromatic N) is 2. The molecule has 1 aliphatic rings. The topological polar surface area (TPSA) is 56.1 Å². The van der Waals surface area contributed by atoms with Crippen molar-refractivity contribution in [1.82, 2.24) is 4.90 Å². The van der Waals surface area contributed by atoms with Crippen LogP contribution < -0.4 is 5.32 Å². The molecule has 1 saturated heterocycles. The van der Waals surface area contributed by atoms with E-state index in [0.29, 0.717) is 11.3 Å². The number of rotatable bonds is 3. The van der Waals surface area contributed by atoms with Gasteiger partial charge in [0.15, 0.2) is 0 Å². The molecule has 4 heteroatoms. The van der Waals surface area contributed by atoms with Crippen LogP contribution in [0, 0.1) is 11.3 Å². The molecule has 1 heterocycles. The zero-order valence-electron chi connectivity index (χ0n) is 13.6. The Kier molecular flexibility index (Phi) is 5.12. The number of amides is 2. The van der Waals surface area contributed by atoms with Crippen molar-refractivity contribution in [2.24, 2.45) is 0 Å². The van der Waals surface area contributed by atoms with E-state index in [1.165, 1.54) is 5.56 Å². The summed E-state index contributed by atoms with van der Waals surface area (Å²) >= 11 is 0. The number of nitrogens with one attached hydrogen (secondary N) is 1. The van der Waals surface area contributed by atoms with Gasteiger partial charge >= 0.3 is 6.03 Å². The zero-order chi connectivity index (χ0) is 16.8. The van der Waals surface area contributed by atoms with Gasteiger partial charge in [0.2, 0.25) is 0 Å². The summed E-state index contributed by atoms with van der Waals surface area (Å²) in [5.41, 5.74) is 2.48. The van der Waals surface area contributed by atoms with E-state index < -0.39 is 0 Å². The minimum absolute atomic E-state index is 0.0780. The number of piperidine rings is 1. The molecule has 0 radical (unpaired) electrons. The fourth-order valence-electron chi connectivity index (χ4n) is 3.23.